The molecule has 2 aromatic carbocycles. The lowest BCUT2D eigenvalue weighted by Gasteiger charge is -2.06. The number of carboxylic acid groups (broad SMARTS) is 1. The summed E-state index contributed by atoms with van der Waals surface area (Å²) in [6, 6.07) is 10.9. The average Bonchev–Trinajstić information content (AvgIpc) is 2.85. The minimum absolute atomic E-state index is 0.150. The van der Waals surface area contributed by atoms with Crippen molar-refractivity contribution in [1.29, 1.82) is 0 Å². The van der Waals surface area contributed by atoms with Crippen molar-refractivity contribution in [1.82, 2.24) is 15.0 Å². The molecule has 1 N–H and O–H groups in total. The van der Waals surface area contributed by atoms with Gasteiger partial charge in [0.05, 0.1) is 16.8 Å². The first-order valence-electron chi connectivity index (χ1n) is 5.92. The van der Waals surface area contributed by atoms with Crippen LogP contribution in [0.2, 0.25) is 0 Å². The smallest absolute Gasteiger partial charge is 0.338 e. The Morgan fingerprint density at radius 3 is 2.85 bits per heavy atom. The van der Waals surface area contributed by atoms with Gasteiger partial charge in [0.2, 0.25) is 0 Å². The average molecular weight is 332 g/mol. The van der Waals surface area contributed by atoms with Crippen molar-refractivity contribution < 1.29 is 9.90 Å². The van der Waals surface area contributed by atoms with Gasteiger partial charge < -0.3 is 5.11 Å². The van der Waals surface area contributed by atoms with Crippen LogP contribution in [0.3, 0.4) is 0 Å². The van der Waals surface area contributed by atoms with Crippen LogP contribution in [-0.2, 0) is 0 Å². The largest absolute Gasteiger partial charge is 0.478 e. The fourth-order valence-electron chi connectivity index (χ4n) is 2.08. The third-order valence-corrected chi connectivity index (χ3v) is 3.71. The molecule has 0 bridgehead atoms. The normalized spacial score (nSPS) is 10.9. The van der Waals surface area contributed by atoms with Crippen LogP contribution in [0, 0.1) is 6.92 Å². The summed E-state index contributed by atoms with van der Waals surface area (Å²) in [4.78, 5) is 11.2. The first kappa shape index (κ1) is 12.8. The SMILES string of the molecule is Cc1ccc(Br)c(-n2nnc3c(C(=O)O)cccc32)c1. The van der Waals surface area contributed by atoms with Gasteiger partial charge in [-0.2, -0.15) is 0 Å². The summed E-state index contributed by atoms with van der Waals surface area (Å²) < 4.78 is 2.51. The standard InChI is InChI=1S/C14H10BrN3O2/c1-8-5-6-10(15)12(7-8)18-11-4-2-3-9(14(19)20)13(11)16-17-18/h2-7H,1H3,(H,19,20). The fourth-order valence-corrected chi connectivity index (χ4v) is 2.50. The number of aromatic carboxylic acids is 1. The topological polar surface area (TPSA) is 68.0 Å². The van der Waals surface area contributed by atoms with Gasteiger partial charge in [-0.25, -0.2) is 9.48 Å². The summed E-state index contributed by atoms with van der Waals surface area (Å²) >= 11 is 3.48. The number of hydrogen-bond donors (Lipinski definition) is 1. The highest BCUT2D eigenvalue weighted by atomic mass is 79.9. The third kappa shape index (κ3) is 1.98. The summed E-state index contributed by atoms with van der Waals surface area (Å²) in [6.45, 7) is 1.98. The van der Waals surface area contributed by atoms with E-state index in [1.807, 2.05) is 25.1 Å². The van der Waals surface area contributed by atoms with Crippen LogP contribution in [0.5, 0.6) is 0 Å². The number of carbonyl (C=O) groups is 1. The number of halogens is 1. The van der Waals surface area contributed by atoms with E-state index in [1.165, 1.54) is 6.07 Å². The van der Waals surface area contributed by atoms with Crippen LogP contribution < -0.4 is 0 Å². The molecular weight excluding hydrogens is 322 g/mol. The zero-order valence-electron chi connectivity index (χ0n) is 10.5. The summed E-state index contributed by atoms with van der Waals surface area (Å²) in [5.41, 5.74) is 3.11. The number of benzene rings is 2. The van der Waals surface area contributed by atoms with E-state index in [4.69, 9.17) is 0 Å². The molecule has 0 unspecified atom stereocenters. The zero-order chi connectivity index (χ0) is 14.3. The van der Waals surface area contributed by atoms with Gasteiger partial charge >= 0.3 is 5.97 Å². The predicted octanol–water partition coefficient (Wildman–Crippen LogP) is 3.19. The van der Waals surface area contributed by atoms with Gasteiger partial charge in [0, 0.05) is 4.47 Å². The molecule has 3 rings (SSSR count). The van der Waals surface area contributed by atoms with Crippen LogP contribution in [-0.4, -0.2) is 26.1 Å². The number of hydrogen-bond acceptors (Lipinski definition) is 3. The van der Waals surface area contributed by atoms with Crippen molar-refractivity contribution >= 4 is 32.9 Å². The van der Waals surface area contributed by atoms with Gasteiger partial charge in [-0.1, -0.05) is 17.3 Å². The van der Waals surface area contributed by atoms with Gasteiger partial charge in [0.15, 0.2) is 0 Å². The fraction of sp³-hybridized carbons (Fsp3) is 0.0714. The molecule has 6 heteroatoms. The predicted molar refractivity (Wildman–Crippen MR) is 78.3 cm³/mol. The molecule has 1 heterocycles. The van der Waals surface area contributed by atoms with E-state index >= 15 is 0 Å². The molecule has 1 aromatic heterocycles. The van der Waals surface area contributed by atoms with Crippen molar-refractivity contribution in [2.24, 2.45) is 0 Å². The number of carboxylic acids is 1. The number of aryl methyl sites for hydroxylation is 1. The second-order valence-corrected chi connectivity index (χ2v) is 5.29. The quantitative estimate of drug-likeness (QED) is 0.783. The minimum Gasteiger partial charge on any atom is -0.478 e. The zero-order valence-corrected chi connectivity index (χ0v) is 12.1. The Bertz CT molecular complexity index is 826. The molecule has 0 amide bonds. The molecule has 100 valence electrons. The van der Waals surface area contributed by atoms with Gasteiger partial charge in [0.1, 0.15) is 5.52 Å². The molecule has 3 aromatic rings. The maximum atomic E-state index is 11.2. The summed E-state index contributed by atoms with van der Waals surface area (Å²) in [6.07, 6.45) is 0. The molecule has 0 atom stereocenters. The molecule has 0 saturated carbocycles. The van der Waals surface area contributed by atoms with Crippen molar-refractivity contribution in [3.05, 3.63) is 52.0 Å². The molecule has 0 spiro atoms. The molecule has 0 radical (unpaired) electrons. The van der Waals surface area contributed by atoms with Gasteiger partial charge in [0.25, 0.3) is 0 Å². The lowest BCUT2D eigenvalue weighted by molar-refractivity contribution is 0.0699. The first-order valence-corrected chi connectivity index (χ1v) is 6.71. The third-order valence-electron chi connectivity index (χ3n) is 3.04. The monoisotopic (exact) mass is 331 g/mol. The summed E-state index contributed by atoms with van der Waals surface area (Å²) in [7, 11) is 0. The highest BCUT2D eigenvalue weighted by Gasteiger charge is 2.15. The molecular formula is C14H10BrN3O2. The van der Waals surface area contributed by atoms with E-state index in [2.05, 4.69) is 26.2 Å². The summed E-state index contributed by atoms with van der Waals surface area (Å²) in [5.74, 6) is -1.01. The van der Waals surface area contributed by atoms with Gasteiger partial charge in [-0.3, -0.25) is 0 Å². The van der Waals surface area contributed by atoms with Crippen molar-refractivity contribution in [3.8, 4) is 5.69 Å². The molecule has 0 aliphatic heterocycles. The maximum absolute atomic E-state index is 11.2. The van der Waals surface area contributed by atoms with Crippen molar-refractivity contribution in [3.63, 3.8) is 0 Å². The Labute approximate surface area is 123 Å². The first-order chi connectivity index (χ1) is 9.58. The van der Waals surface area contributed by atoms with Gasteiger partial charge in [-0.15, -0.1) is 5.10 Å². The minimum atomic E-state index is -1.01. The Morgan fingerprint density at radius 1 is 1.30 bits per heavy atom. The Morgan fingerprint density at radius 2 is 2.10 bits per heavy atom. The van der Waals surface area contributed by atoms with Crippen LogP contribution in [0.1, 0.15) is 15.9 Å². The maximum Gasteiger partial charge on any atom is 0.338 e. The van der Waals surface area contributed by atoms with Crippen LogP contribution >= 0.6 is 15.9 Å². The molecule has 20 heavy (non-hydrogen) atoms. The molecule has 0 saturated heterocycles. The van der Waals surface area contributed by atoms with Crippen LogP contribution in [0.15, 0.2) is 40.9 Å². The highest BCUT2D eigenvalue weighted by molar-refractivity contribution is 9.10. The van der Waals surface area contributed by atoms with Crippen molar-refractivity contribution in [2.75, 3.05) is 0 Å². The van der Waals surface area contributed by atoms with E-state index in [0.717, 1.165) is 15.7 Å². The van der Waals surface area contributed by atoms with E-state index in [0.29, 0.717) is 11.0 Å². The number of aromatic nitrogens is 3. The lowest BCUT2D eigenvalue weighted by Crippen LogP contribution is -1.99. The molecule has 0 aliphatic carbocycles. The van der Waals surface area contributed by atoms with E-state index < -0.39 is 5.97 Å². The number of fused-ring (bicyclic) bond motifs is 1. The second-order valence-electron chi connectivity index (χ2n) is 4.43. The highest BCUT2D eigenvalue weighted by Crippen LogP contribution is 2.26. The van der Waals surface area contributed by atoms with E-state index in [1.54, 1.807) is 16.8 Å². The van der Waals surface area contributed by atoms with Crippen LogP contribution in [0.25, 0.3) is 16.7 Å². The van der Waals surface area contributed by atoms with E-state index in [9.17, 15) is 9.90 Å². The lowest BCUT2D eigenvalue weighted by atomic mass is 10.1. The van der Waals surface area contributed by atoms with Crippen molar-refractivity contribution in [2.45, 2.75) is 6.92 Å². The number of nitrogens with zero attached hydrogens (tertiary/aromatic N) is 3. The Hall–Kier alpha value is -2.21. The Kier molecular flexibility index (Phi) is 3.02. The second kappa shape index (κ2) is 4.72. The van der Waals surface area contributed by atoms with E-state index in [-0.39, 0.29) is 5.56 Å². The van der Waals surface area contributed by atoms with Gasteiger partial charge in [-0.05, 0) is 52.7 Å². The molecule has 0 aliphatic rings. The van der Waals surface area contributed by atoms with Crippen LogP contribution in [0.4, 0.5) is 0 Å². The summed E-state index contributed by atoms with van der Waals surface area (Å²) in [5, 5.41) is 17.3. The Balaban J connectivity index is 2.31. The number of rotatable bonds is 2. The molecule has 5 nitrogen and oxygen atoms in total. The molecule has 0 fully saturated rings.